The lowest BCUT2D eigenvalue weighted by Crippen LogP contribution is -2.36. The van der Waals surface area contributed by atoms with Crippen LogP contribution in [0.25, 0.3) is 0 Å². The van der Waals surface area contributed by atoms with Gasteiger partial charge in [0.05, 0.1) is 5.56 Å². The minimum absolute atomic E-state index is 0.0362. The van der Waals surface area contributed by atoms with E-state index < -0.39 is 11.7 Å². The Kier molecular flexibility index (Phi) is 5.02. The van der Waals surface area contributed by atoms with Gasteiger partial charge in [-0.25, -0.2) is 0 Å². The number of halogens is 3. The molecule has 0 aliphatic carbocycles. The van der Waals surface area contributed by atoms with Crippen molar-refractivity contribution < 1.29 is 13.2 Å². The minimum atomic E-state index is -4.26. The second-order valence-corrected chi connectivity index (χ2v) is 5.71. The van der Waals surface area contributed by atoms with E-state index in [1.807, 2.05) is 7.05 Å². The number of alkyl halides is 3. The molecule has 19 heavy (non-hydrogen) atoms. The Bertz CT molecular complexity index is 395. The fourth-order valence-corrected chi connectivity index (χ4v) is 2.15. The molecule has 0 amide bonds. The second kappa shape index (κ2) is 5.95. The Morgan fingerprint density at radius 2 is 1.63 bits per heavy atom. The maximum atomic E-state index is 12.5. The van der Waals surface area contributed by atoms with Crippen molar-refractivity contribution in [2.75, 3.05) is 13.6 Å². The van der Waals surface area contributed by atoms with Gasteiger partial charge in [-0.1, -0.05) is 32.9 Å². The van der Waals surface area contributed by atoms with Gasteiger partial charge < -0.3 is 5.32 Å². The van der Waals surface area contributed by atoms with Gasteiger partial charge in [0.15, 0.2) is 0 Å². The van der Waals surface area contributed by atoms with Crippen LogP contribution in [0.5, 0.6) is 0 Å². The van der Waals surface area contributed by atoms with E-state index in [-0.39, 0.29) is 5.41 Å². The first-order valence-electron chi connectivity index (χ1n) is 6.50. The first kappa shape index (κ1) is 16.0. The highest BCUT2D eigenvalue weighted by molar-refractivity contribution is 5.25. The van der Waals surface area contributed by atoms with Gasteiger partial charge in [0, 0.05) is 6.54 Å². The van der Waals surface area contributed by atoms with Crippen LogP contribution in [0.2, 0.25) is 0 Å². The molecule has 0 aromatic heterocycles. The van der Waals surface area contributed by atoms with Crippen molar-refractivity contribution in [3.8, 4) is 0 Å². The van der Waals surface area contributed by atoms with E-state index in [2.05, 4.69) is 26.1 Å². The third-order valence-corrected chi connectivity index (χ3v) is 3.86. The average molecular weight is 273 g/mol. The summed E-state index contributed by atoms with van der Waals surface area (Å²) >= 11 is 0. The zero-order valence-corrected chi connectivity index (χ0v) is 11.9. The molecule has 1 aromatic carbocycles. The highest BCUT2D eigenvalue weighted by Gasteiger charge is 2.31. The van der Waals surface area contributed by atoms with Gasteiger partial charge >= 0.3 is 6.18 Å². The predicted molar refractivity (Wildman–Crippen MR) is 72.0 cm³/mol. The van der Waals surface area contributed by atoms with Gasteiger partial charge in [0.25, 0.3) is 0 Å². The molecule has 1 unspecified atom stereocenters. The Hall–Kier alpha value is -1.03. The normalized spacial score (nSPS) is 15.6. The van der Waals surface area contributed by atoms with Gasteiger partial charge in [-0.3, -0.25) is 0 Å². The van der Waals surface area contributed by atoms with E-state index in [4.69, 9.17) is 0 Å². The molecular weight excluding hydrogens is 251 g/mol. The van der Waals surface area contributed by atoms with Gasteiger partial charge in [-0.15, -0.1) is 0 Å². The van der Waals surface area contributed by atoms with Crippen molar-refractivity contribution in [3.63, 3.8) is 0 Å². The van der Waals surface area contributed by atoms with Crippen LogP contribution in [0.3, 0.4) is 0 Å². The topological polar surface area (TPSA) is 12.0 Å². The highest BCUT2D eigenvalue weighted by atomic mass is 19.4. The van der Waals surface area contributed by atoms with E-state index >= 15 is 0 Å². The maximum absolute atomic E-state index is 12.5. The minimum Gasteiger partial charge on any atom is -0.319 e. The van der Waals surface area contributed by atoms with Crippen molar-refractivity contribution in [1.29, 1.82) is 0 Å². The van der Waals surface area contributed by atoms with Crippen LogP contribution < -0.4 is 5.32 Å². The van der Waals surface area contributed by atoms with Gasteiger partial charge in [0.2, 0.25) is 0 Å². The molecule has 0 radical (unpaired) electrons. The molecule has 4 heteroatoms. The monoisotopic (exact) mass is 273 g/mol. The van der Waals surface area contributed by atoms with Crippen LogP contribution in [0.1, 0.15) is 31.9 Å². The van der Waals surface area contributed by atoms with E-state index in [0.717, 1.165) is 30.7 Å². The van der Waals surface area contributed by atoms with Crippen molar-refractivity contribution in [3.05, 3.63) is 35.4 Å². The molecule has 0 spiro atoms. The van der Waals surface area contributed by atoms with Crippen molar-refractivity contribution in [1.82, 2.24) is 5.32 Å². The van der Waals surface area contributed by atoms with Crippen LogP contribution in [0.15, 0.2) is 24.3 Å². The summed E-state index contributed by atoms with van der Waals surface area (Å²) in [6, 6.07) is 5.49. The van der Waals surface area contributed by atoms with Crippen molar-refractivity contribution in [2.45, 2.75) is 33.4 Å². The summed E-state index contributed by atoms with van der Waals surface area (Å²) in [5.74, 6) is 0.447. The predicted octanol–water partition coefficient (Wildman–Crippen LogP) is 4.13. The largest absolute Gasteiger partial charge is 0.416 e. The van der Waals surface area contributed by atoms with Crippen molar-refractivity contribution in [2.24, 2.45) is 11.3 Å². The Labute approximate surface area is 113 Å². The summed E-state index contributed by atoms with van der Waals surface area (Å²) in [5, 5.41) is 3.17. The zero-order valence-electron chi connectivity index (χ0n) is 11.9. The fourth-order valence-electron chi connectivity index (χ4n) is 2.15. The first-order valence-corrected chi connectivity index (χ1v) is 6.50. The lowest BCUT2D eigenvalue weighted by atomic mass is 9.74. The van der Waals surface area contributed by atoms with E-state index in [0.29, 0.717) is 5.92 Å². The molecule has 0 aliphatic rings. The van der Waals surface area contributed by atoms with Gasteiger partial charge in [-0.2, -0.15) is 13.2 Å². The second-order valence-electron chi connectivity index (χ2n) is 5.71. The summed E-state index contributed by atoms with van der Waals surface area (Å²) in [4.78, 5) is 0. The lowest BCUT2D eigenvalue weighted by Gasteiger charge is -2.34. The quantitative estimate of drug-likeness (QED) is 0.850. The number of benzene rings is 1. The van der Waals surface area contributed by atoms with Crippen LogP contribution in [-0.2, 0) is 12.6 Å². The SMILES string of the molecule is CNCC(C)(Cc1ccc(C(F)(F)F)cc1)C(C)C. The van der Waals surface area contributed by atoms with Crippen molar-refractivity contribution >= 4 is 0 Å². The summed E-state index contributed by atoms with van der Waals surface area (Å²) in [7, 11) is 1.90. The van der Waals surface area contributed by atoms with Crippen LogP contribution >= 0.6 is 0 Å². The van der Waals surface area contributed by atoms with Crippen LogP contribution in [-0.4, -0.2) is 13.6 Å². The third-order valence-electron chi connectivity index (χ3n) is 3.86. The summed E-state index contributed by atoms with van der Waals surface area (Å²) in [5.41, 5.74) is 0.393. The third kappa shape index (κ3) is 4.23. The molecule has 0 saturated heterocycles. The average Bonchev–Trinajstić information content (AvgIpc) is 2.28. The molecule has 1 aromatic rings. The molecule has 0 heterocycles. The zero-order chi connectivity index (χ0) is 14.7. The standard InChI is InChI=1S/C15H22F3N/c1-11(2)14(3,10-19-4)9-12-5-7-13(8-6-12)15(16,17)18/h5-8,11,19H,9-10H2,1-4H3. The summed E-state index contributed by atoms with van der Waals surface area (Å²) < 4.78 is 37.5. The smallest absolute Gasteiger partial charge is 0.319 e. The molecule has 0 fully saturated rings. The number of rotatable bonds is 5. The summed E-state index contributed by atoms with van der Waals surface area (Å²) in [6.45, 7) is 7.28. The molecule has 1 rings (SSSR count). The van der Waals surface area contributed by atoms with E-state index in [9.17, 15) is 13.2 Å². The maximum Gasteiger partial charge on any atom is 0.416 e. The van der Waals surface area contributed by atoms with Crippen LogP contribution in [0.4, 0.5) is 13.2 Å². The number of nitrogens with one attached hydrogen (secondary N) is 1. The molecular formula is C15H22F3N. The molecule has 0 bridgehead atoms. The van der Waals surface area contributed by atoms with Gasteiger partial charge in [0.1, 0.15) is 0 Å². The Morgan fingerprint density at radius 1 is 1.11 bits per heavy atom. The van der Waals surface area contributed by atoms with Crippen LogP contribution in [0, 0.1) is 11.3 Å². The fraction of sp³-hybridized carbons (Fsp3) is 0.600. The molecule has 1 N–H and O–H groups in total. The first-order chi connectivity index (χ1) is 8.69. The van der Waals surface area contributed by atoms with E-state index in [1.165, 1.54) is 0 Å². The molecule has 1 nitrogen and oxygen atoms in total. The lowest BCUT2D eigenvalue weighted by molar-refractivity contribution is -0.137. The summed E-state index contributed by atoms with van der Waals surface area (Å²) in [6.07, 6.45) is -3.49. The number of hydrogen-bond donors (Lipinski definition) is 1. The molecule has 0 saturated carbocycles. The Balaban J connectivity index is 2.87. The molecule has 0 aliphatic heterocycles. The molecule has 108 valence electrons. The molecule has 1 atom stereocenters. The Morgan fingerprint density at radius 3 is 2.00 bits per heavy atom. The number of hydrogen-bond acceptors (Lipinski definition) is 1. The highest BCUT2D eigenvalue weighted by Crippen LogP contribution is 2.33. The van der Waals surface area contributed by atoms with E-state index in [1.54, 1.807) is 12.1 Å². The van der Waals surface area contributed by atoms with Gasteiger partial charge in [-0.05, 0) is 42.5 Å².